The van der Waals surface area contributed by atoms with Crippen LogP contribution in [-0.4, -0.2) is 25.7 Å². The minimum Gasteiger partial charge on any atom is -0.328 e. The average molecular weight is 457 g/mol. The number of benzene rings is 2. The maximum atomic E-state index is 13.5. The summed E-state index contributed by atoms with van der Waals surface area (Å²) in [6, 6.07) is 20.4. The second-order valence-corrected chi connectivity index (χ2v) is 8.24. The normalized spacial score (nSPS) is 15.1. The van der Waals surface area contributed by atoms with Crippen molar-refractivity contribution in [3.63, 3.8) is 0 Å². The van der Waals surface area contributed by atoms with Gasteiger partial charge in [0.25, 0.3) is 5.91 Å². The standard InChI is InChI=1S/C25H21ClN6O/c1-15-8-7-9-17(14-15)22-21(24(33)29-20-12-5-6-13-27-20)16(2)28-25-30-23(31-32(22)25)18-10-3-4-11-19(18)26/h3-14,22H,1-2H3,(H,27,29,33)(H,28,30,31). The van der Waals surface area contributed by atoms with Crippen LogP contribution in [0.2, 0.25) is 5.02 Å². The lowest BCUT2D eigenvalue weighted by Crippen LogP contribution is -2.31. The highest BCUT2D eigenvalue weighted by Gasteiger charge is 2.34. The molecule has 0 saturated heterocycles. The number of aryl methyl sites for hydroxylation is 1. The zero-order chi connectivity index (χ0) is 22.9. The van der Waals surface area contributed by atoms with E-state index < -0.39 is 6.04 Å². The van der Waals surface area contributed by atoms with Crippen LogP contribution in [0.1, 0.15) is 24.1 Å². The largest absolute Gasteiger partial charge is 0.328 e. The highest BCUT2D eigenvalue weighted by molar-refractivity contribution is 6.33. The Labute approximate surface area is 196 Å². The number of hydrogen-bond donors (Lipinski definition) is 2. The van der Waals surface area contributed by atoms with E-state index in [1.54, 1.807) is 29.1 Å². The molecular formula is C25H21ClN6O. The summed E-state index contributed by atoms with van der Waals surface area (Å²) in [7, 11) is 0. The Kier molecular flexibility index (Phi) is 5.40. The topological polar surface area (TPSA) is 84.7 Å². The molecule has 5 rings (SSSR count). The number of fused-ring (bicyclic) bond motifs is 1. The maximum absolute atomic E-state index is 13.5. The van der Waals surface area contributed by atoms with Crippen molar-refractivity contribution in [2.75, 3.05) is 10.6 Å². The lowest BCUT2D eigenvalue weighted by atomic mass is 9.94. The van der Waals surface area contributed by atoms with E-state index in [2.05, 4.69) is 26.7 Å². The van der Waals surface area contributed by atoms with Crippen molar-refractivity contribution < 1.29 is 4.79 Å². The third-order valence-electron chi connectivity index (χ3n) is 5.48. The first-order valence-corrected chi connectivity index (χ1v) is 10.9. The number of allylic oxidation sites excluding steroid dienone is 1. The van der Waals surface area contributed by atoms with Crippen molar-refractivity contribution in [1.82, 2.24) is 19.7 Å². The van der Waals surface area contributed by atoms with Crippen molar-refractivity contribution >= 4 is 29.3 Å². The van der Waals surface area contributed by atoms with Gasteiger partial charge in [0.05, 0.1) is 10.6 Å². The highest BCUT2D eigenvalue weighted by Crippen LogP contribution is 2.37. The van der Waals surface area contributed by atoms with Gasteiger partial charge in [-0.05, 0) is 43.7 Å². The van der Waals surface area contributed by atoms with Gasteiger partial charge in [0, 0.05) is 17.5 Å². The van der Waals surface area contributed by atoms with Crippen LogP contribution in [0.5, 0.6) is 0 Å². The lowest BCUT2D eigenvalue weighted by Gasteiger charge is -2.28. The Hall–Kier alpha value is -3.97. The van der Waals surface area contributed by atoms with Crippen LogP contribution in [-0.2, 0) is 4.79 Å². The summed E-state index contributed by atoms with van der Waals surface area (Å²) in [5, 5.41) is 11.5. The fourth-order valence-electron chi connectivity index (χ4n) is 3.97. The van der Waals surface area contributed by atoms with Gasteiger partial charge in [-0.25, -0.2) is 9.67 Å². The molecule has 0 fully saturated rings. The third kappa shape index (κ3) is 3.99. The van der Waals surface area contributed by atoms with E-state index in [9.17, 15) is 4.79 Å². The lowest BCUT2D eigenvalue weighted by molar-refractivity contribution is -0.113. The molecule has 1 aliphatic heterocycles. The first kappa shape index (κ1) is 20.9. The molecule has 164 valence electrons. The molecule has 2 aromatic carbocycles. The number of pyridine rings is 1. The van der Waals surface area contributed by atoms with Crippen molar-refractivity contribution in [3.8, 4) is 11.4 Å². The van der Waals surface area contributed by atoms with E-state index >= 15 is 0 Å². The molecule has 0 saturated carbocycles. The fourth-order valence-corrected chi connectivity index (χ4v) is 4.19. The molecule has 8 heteroatoms. The van der Waals surface area contributed by atoms with Crippen LogP contribution in [0.15, 0.2) is 84.2 Å². The molecule has 0 spiro atoms. The van der Waals surface area contributed by atoms with Crippen LogP contribution in [0, 0.1) is 6.92 Å². The van der Waals surface area contributed by atoms with Gasteiger partial charge < -0.3 is 10.6 Å². The van der Waals surface area contributed by atoms with Gasteiger partial charge in [-0.2, -0.15) is 4.98 Å². The molecule has 1 aliphatic rings. The number of nitrogens with zero attached hydrogens (tertiary/aromatic N) is 4. The van der Waals surface area contributed by atoms with Crippen molar-refractivity contribution in [2.45, 2.75) is 19.9 Å². The smallest absolute Gasteiger partial charge is 0.257 e. The minimum absolute atomic E-state index is 0.259. The number of aromatic nitrogens is 4. The predicted molar refractivity (Wildman–Crippen MR) is 129 cm³/mol. The SMILES string of the molecule is CC1=C(C(=O)Nc2ccccn2)C(c2cccc(C)c2)n2nc(-c3ccccc3Cl)nc2N1. The van der Waals surface area contributed by atoms with Gasteiger partial charge in [0.1, 0.15) is 11.9 Å². The van der Waals surface area contributed by atoms with Gasteiger partial charge in [-0.15, -0.1) is 5.10 Å². The van der Waals surface area contributed by atoms with Crippen LogP contribution < -0.4 is 10.6 Å². The van der Waals surface area contributed by atoms with Crippen LogP contribution in [0.25, 0.3) is 11.4 Å². The van der Waals surface area contributed by atoms with E-state index in [1.807, 2.05) is 56.3 Å². The minimum atomic E-state index is -0.478. The maximum Gasteiger partial charge on any atom is 0.257 e. The number of rotatable bonds is 4. The number of carbonyl (C=O) groups is 1. The van der Waals surface area contributed by atoms with Crippen LogP contribution in [0.3, 0.4) is 0 Å². The average Bonchev–Trinajstić information content (AvgIpc) is 3.22. The van der Waals surface area contributed by atoms with E-state index in [0.717, 1.165) is 16.7 Å². The van der Waals surface area contributed by atoms with Crippen molar-refractivity contribution in [1.29, 1.82) is 0 Å². The van der Waals surface area contributed by atoms with Gasteiger partial charge in [0.15, 0.2) is 5.82 Å². The van der Waals surface area contributed by atoms with Crippen LogP contribution in [0.4, 0.5) is 11.8 Å². The number of amides is 1. The molecule has 4 aromatic rings. The summed E-state index contributed by atoms with van der Waals surface area (Å²) in [5.74, 6) is 1.25. The molecule has 0 aliphatic carbocycles. The predicted octanol–water partition coefficient (Wildman–Crippen LogP) is 5.23. The first-order valence-electron chi connectivity index (χ1n) is 10.5. The van der Waals surface area contributed by atoms with Gasteiger partial charge in [0.2, 0.25) is 5.95 Å². The Bertz CT molecular complexity index is 1380. The molecule has 0 radical (unpaired) electrons. The summed E-state index contributed by atoms with van der Waals surface area (Å²) in [5.41, 5.74) is 3.97. The zero-order valence-corrected chi connectivity index (χ0v) is 18.8. The van der Waals surface area contributed by atoms with Crippen molar-refractivity contribution in [3.05, 3.63) is 100 Å². The quantitative estimate of drug-likeness (QED) is 0.439. The van der Waals surface area contributed by atoms with E-state index in [0.29, 0.717) is 33.9 Å². The van der Waals surface area contributed by atoms with Gasteiger partial charge >= 0.3 is 0 Å². The van der Waals surface area contributed by atoms with Crippen molar-refractivity contribution in [2.24, 2.45) is 0 Å². The number of carbonyl (C=O) groups excluding carboxylic acids is 1. The molecule has 0 bridgehead atoms. The fraction of sp³-hybridized carbons (Fsp3) is 0.120. The monoisotopic (exact) mass is 456 g/mol. The summed E-state index contributed by atoms with van der Waals surface area (Å²) >= 11 is 6.40. The number of anilines is 2. The molecule has 7 nitrogen and oxygen atoms in total. The summed E-state index contributed by atoms with van der Waals surface area (Å²) in [6.45, 7) is 3.88. The molecule has 1 atom stereocenters. The van der Waals surface area contributed by atoms with E-state index in [-0.39, 0.29) is 5.91 Å². The van der Waals surface area contributed by atoms with E-state index in [4.69, 9.17) is 16.7 Å². The zero-order valence-electron chi connectivity index (χ0n) is 18.1. The molecule has 1 unspecified atom stereocenters. The molecular weight excluding hydrogens is 436 g/mol. The summed E-state index contributed by atoms with van der Waals surface area (Å²) < 4.78 is 1.74. The molecule has 2 N–H and O–H groups in total. The molecule has 33 heavy (non-hydrogen) atoms. The number of halogens is 1. The number of nitrogens with one attached hydrogen (secondary N) is 2. The second-order valence-electron chi connectivity index (χ2n) is 7.83. The Balaban J connectivity index is 1.63. The number of hydrogen-bond acceptors (Lipinski definition) is 5. The van der Waals surface area contributed by atoms with Crippen LogP contribution >= 0.6 is 11.6 Å². The Morgan fingerprint density at radius 2 is 1.88 bits per heavy atom. The van der Waals surface area contributed by atoms with E-state index in [1.165, 1.54) is 0 Å². The van der Waals surface area contributed by atoms with Gasteiger partial charge in [-0.1, -0.05) is 59.6 Å². The molecule has 2 aromatic heterocycles. The summed E-state index contributed by atoms with van der Waals surface area (Å²) in [6.07, 6.45) is 1.64. The molecule has 1 amide bonds. The molecule has 3 heterocycles. The third-order valence-corrected chi connectivity index (χ3v) is 5.81. The second kappa shape index (κ2) is 8.52. The highest BCUT2D eigenvalue weighted by atomic mass is 35.5. The first-order chi connectivity index (χ1) is 16.0. The Morgan fingerprint density at radius 3 is 2.64 bits per heavy atom. The van der Waals surface area contributed by atoms with Gasteiger partial charge in [-0.3, -0.25) is 4.79 Å². The summed E-state index contributed by atoms with van der Waals surface area (Å²) in [4.78, 5) is 22.4. The Morgan fingerprint density at radius 1 is 1.06 bits per heavy atom.